The number of hydrogen-bond donors (Lipinski definition) is 1. The summed E-state index contributed by atoms with van der Waals surface area (Å²) >= 11 is 5.17. The zero-order chi connectivity index (χ0) is 17.8. The molecule has 132 valence electrons. The summed E-state index contributed by atoms with van der Waals surface area (Å²) in [6.07, 6.45) is 3.58. The van der Waals surface area contributed by atoms with Gasteiger partial charge in [0.2, 0.25) is 0 Å². The Morgan fingerprint density at radius 3 is 2.64 bits per heavy atom. The first-order chi connectivity index (χ1) is 12.1. The molecule has 1 saturated carbocycles. The van der Waals surface area contributed by atoms with Gasteiger partial charge in [0.1, 0.15) is 12.4 Å². The summed E-state index contributed by atoms with van der Waals surface area (Å²) < 4.78 is 11.2. The molecule has 0 aromatic heterocycles. The van der Waals surface area contributed by atoms with Crippen molar-refractivity contribution in [3.8, 4) is 5.75 Å². The van der Waals surface area contributed by atoms with Gasteiger partial charge in [-0.05, 0) is 73.1 Å². The number of thiocarbonyl (C=S) groups is 1. The lowest BCUT2D eigenvalue weighted by Gasteiger charge is -2.16. The van der Waals surface area contributed by atoms with Crippen LogP contribution in [0.5, 0.6) is 5.75 Å². The Balaban J connectivity index is 1.77. The van der Waals surface area contributed by atoms with Crippen molar-refractivity contribution < 1.29 is 9.47 Å². The van der Waals surface area contributed by atoms with Crippen LogP contribution in [0, 0.1) is 6.92 Å². The number of anilines is 1. The number of aryl methyl sites for hydroxylation is 2. The first-order valence-electron chi connectivity index (χ1n) is 8.80. The molecule has 0 saturated heterocycles. The second kappa shape index (κ2) is 7.87. The van der Waals surface area contributed by atoms with Crippen molar-refractivity contribution in [2.45, 2.75) is 45.6 Å². The standard InChI is InChI=1S/C21H25NO2S/c1-4-15-5-10-20(14(2)11-15)24-13-18-9-8-17(16-6-7-16)12-19(18)22-21(25)23-3/h5,8-12,16H,4,6-7,13H2,1-3H3,(H,22,25). The van der Waals surface area contributed by atoms with E-state index in [9.17, 15) is 0 Å². The number of rotatable bonds is 6. The van der Waals surface area contributed by atoms with E-state index in [1.54, 1.807) is 7.11 Å². The van der Waals surface area contributed by atoms with Crippen LogP contribution in [0.25, 0.3) is 0 Å². The van der Waals surface area contributed by atoms with E-state index in [4.69, 9.17) is 21.7 Å². The lowest BCUT2D eigenvalue weighted by molar-refractivity contribution is 0.304. The first kappa shape index (κ1) is 17.7. The summed E-state index contributed by atoms with van der Waals surface area (Å²) in [5.74, 6) is 1.61. The minimum absolute atomic E-state index is 0.373. The van der Waals surface area contributed by atoms with Crippen LogP contribution in [0.3, 0.4) is 0 Å². The van der Waals surface area contributed by atoms with E-state index < -0.39 is 0 Å². The fraction of sp³-hybridized carbons (Fsp3) is 0.381. The number of benzene rings is 2. The Hall–Kier alpha value is -2.07. The molecule has 0 unspecified atom stereocenters. The normalized spacial score (nSPS) is 13.4. The third-order valence-corrected chi connectivity index (χ3v) is 4.90. The summed E-state index contributed by atoms with van der Waals surface area (Å²) in [6.45, 7) is 4.74. The zero-order valence-corrected chi connectivity index (χ0v) is 15.9. The predicted octanol–water partition coefficient (Wildman–Crippen LogP) is 5.36. The summed E-state index contributed by atoms with van der Waals surface area (Å²) in [5.41, 5.74) is 5.89. The average Bonchev–Trinajstić information content (AvgIpc) is 3.46. The van der Waals surface area contributed by atoms with Gasteiger partial charge in [-0.2, -0.15) is 0 Å². The van der Waals surface area contributed by atoms with Gasteiger partial charge < -0.3 is 14.8 Å². The Morgan fingerprint density at radius 1 is 1.20 bits per heavy atom. The smallest absolute Gasteiger partial charge is 0.260 e. The number of methoxy groups -OCH3 is 1. The van der Waals surface area contributed by atoms with Crippen LogP contribution in [0.1, 0.15) is 47.9 Å². The molecule has 3 nitrogen and oxygen atoms in total. The molecule has 1 aliphatic rings. The molecular weight excluding hydrogens is 330 g/mol. The number of ether oxygens (including phenoxy) is 2. The second-order valence-corrected chi connectivity index (χ2v) is 6.92. The third-order valence-electron chi connectivity index (χ3n) is 4.64. The molecule has 2 aromatic carbocycles. The third kappa shape index (κ3) is 4.51. The lowest BCUT2D eigenvalue weighted by atomic mass is 10.1. The molecule has 1 N–H and O–H groups in total. The molecule has 25 heavy (non-hydrogen) atoms. The molecule has 1 fully saturated rings. The number of nitrogens with one attached hydrogen (secondary N) is 1. The molecular formula is C21H25NO2S. The van der Waals surface area contributed by atoms with E-state index in [1.165, 1.54) is 24.0 Å². The van der Waals surface area contributed by atoms with Gasteiger partial charge in [-0.15, -0.1) is 0 Å². The number of hydrogen-bond acceptors (Lipinski definition) is 3. The predicted molar refractivity (Wildman–Crippen MR) is 107 cm³/mol. The molecule has 0 heterocycles. The molecule has 1 aliphatic carbocycles. The highest BCUT2D eigenvalue weighted by Gasteiger charge is 2.24. The van der Waals surface area contributed by atoms with Crippen LogP contribution in [-0.4, -0.2) is 12.3 Å². The Labute approximate surface area is 155 Å². The fourth-order valence-corrected chi connectivity index (χ4v) is 3.03. The van der Waals surface area contributed by atoms with Crippen LogP contribution >= 0.6 is 12.2 Å². The molecule has 0 radical (unpaired) electrons. The van der Waals surface area contributed by atoms with Crippen molar-refractivity contribution in [3.05, 3.63) is 58.7 Å². The SMILES string of the molecule is CCc1ccc(OCc2ccc(C3CC3)cc2NC(=S)OC)c(C)c1. The van der Waals surface area contributed by atoms with Crippen molar-refractivity contribution >= 4 is 23.1 Å². The average molecular weight is 356 g/mol. The molecule has 3 rings (SSSR count). The topological polar surface area (TPSA) is 30.5 Å². The molecule has 0 aliphatic heterocycles. The van der Waals surface area contributed by atoms with Crippen molar-refractivity contribution in [1.82, 2.24) is 0 Å². The van der Waals surface area contributed by atoms with Gasteiger partial charge in [0.25, 0.3) is 5.17 Å². The molecule has 4 heteroatoms. The first-order valence-corrected chi connectivity index (χ1v) is 9.21. The fourth-order valence-electron chi connectivity index (χ4n) is 2.92. The highest BCUT2D eigenvalue weighted by atomic mass is 32.1. The van der Waals surface area contributed by atoms with Crippen molar-refractivity contribution in [1.29, 1.82) is 0 Å². The van der Waals surface area contributed by atoms with Crippen molar-refractivity contribution in [2.75, 3.05) is 12.4 Å². The maximum Gasteiger partial charge on any atom is 0.260 e. The minimum Gasteiger partial charge on any atom is -0.489 e. The highest BCUT2D eigenvalue weighted by Crippen LogP contribution is 2.41. The van der Waals surface area contributed by atoms with E-state index >= 15 is 0 Å². The lowest BCUT2D eigenvalue weighted by Crippen LogP contribution is -2.13. The van der Waals surface area contributed by atoms with Gasteiger partial charge in [0.15, 0.2) is 0 Å². The van der Waals surface area contributed by atoms with E-state index in [0.29, 0.717) is 17.7 Å². The van der Waals surface area contributed by atoms with Crippen LogP contribution in [-0.2, 0) is 17.8 Å². The second-order valence-electron chi connectivity index (χ2n) is 6.55. The molecule has 0 amide bonds. The quantitative estimate of drug-likeness (QED) is 0.707. The van der Waals surface area contributed by atoms with E-state index in [0.717, 1.165) is 29.0 Å². The van der Waals surface area contributed by atoms with Crippen LogP contribution < -0.4 is 10.1 Å². The van der Waals surface area contributed by atoms with Crippen LogP contribution in [0.15, 0.2) is 36.4 Å². The van der Waals surface area contributed by atoms with Gasteiger partial charge in [-0.1, -0.05) is 31.2 Å². The molecule has 0 bridgehead atoms. The summed E-state index contributed by atoms with van der Waals surface area (Å²) in [5, 5.41) is 3.55. The maximum atomic E-state index is 6.07. The summed E-state index contributed by atoms with van der Waals surface area (Å²) in [4.78, 5) is 0. The Bertz CT molecular complexity index is 768. The van der Waals surface area contributed by atoms with E-state index in [1.807, 2.05) is 0 Å². The Kier molecular flexibility index (Phi) is 5.59. The maximum absolute atomic E-state index is 6.07. The van der Waals surface area contributed by atoms with Crippen molar-refractivity contribution in [3.63, 3.8) is 0 Å². The van der Waals surface area contributed by atoms with E-state index in [-0.39, 0.29) is 0 Å². The van der Waals surface area contributed by atoms with Gasteiger partial charge in [-0.25, -0.2) is 0 Å². The van der Waals surface area contributed by atoms with Gasteiger partial charge in [-0.3, -0.25) is 0 Å². The molecule has 2 aromatic rings. The monoisotopic (exact) mass is 355 g/mol. The molecule has 0 atom stereocenters. The van der Waals surface area contributed by atoms with E-state index in [2.05, 4.69) is 55.6 Å². The molecule has 0 spiro atoms. The summed E-state index contributed by atoms with van der Waals surface area (Å²) in [7, 11) is 1.58. The summed E-state index contributed by atoms with van der Waals surface area (Å²) in [6, 6.07) is 12.9. The zero-order valence-electron chi connectivity index (χ0n) is 15.1. The largest absolute Gasteiger partial charge is 0.489 e. The van der Waals surface area contributed by atoms with Gasteiger partial charge in [0.05, 0.1) is 7.11 Å². The minimum atomic E-state index is 0.373. The van der Waals surface area contributed by atoms with Gasteiger partial charge in [0, 0.05) is 11.3 Å². The Morgan fingerprint density at radius 2 is 2.00 bits per heavy atom. The van der Waals surface area contributed by atoms with Gasteiger partial charge >= 0.3 is 0 Å². The highest BCUT2D eigenvalue weighted by molar-refractivity contribution is 7.80. The van der Waals surface area contributed by atoms with Crippen LogP contribution in [0.4, 0.5) is 5.69 Å². The van der Waals surface area contributed by atoms with Crippen molar-refractivity contribution in [2.24, 2.45) is 0 Å². The van der Waals surface area contributed by atoms with Crippen LogP contribution in [0.2, 0.25) is 0 Å².